The number of hydrogen-bond acceptors (Lipinski definition) is 1. The average molecular weight is 359 g/mol. The fourth-order valence-corrected chi connectivity index (χ4v) is 2.63. The molecule has 1 rings (SSSR count). The molecule has 0 saturated heterocycles. The van der Waals surface area contributed by atoms with Crippen LogP contribution in [0.15, 0.2) is 70.2 Å². The molecular formula is C24H38S. The van der Waals surface area contributed by atoms with Crippen molar-refractivity contribution < 1.29 is 0 Å². The molecule has 0 heterocycles. The highest BCUT2D eigenvalue weighted by atomic mass is 32.1. The lowest BCUT2D eigenvalue weighted by Crippen LogP contribution is -1.93. The lowest BCUT2D eigenvalue weighted by Gasteiger charge is -2.13. The summed E-state index contributed by atoms with van der Waals surface area (Å²) in [5, 5.41) is 0. The van der Waals surface area contributed by atoms with E-state index in [1.165, 1.54) is 48.0 Å². The Hall–Kier alpha value is -1.21. The highest BCUT2D eigenvalue weighted by molar-refractivity contribution is 7.84. The minimum absolute atomic E-state index is 0.930. The van der Waals surface area contributed by atoms with Gasteiger partial charge in [-0.15, -0.1) is 12.6 Å². The second-order valence-corrected chi connectivity index (χ2v) is 7.01. The van der Waals surface area contributed by atoms with Crippen LogP contribution < -0.4 is 0 Å². The van der Waals surface area contributed by atoms with Gasteiger partial charge in [0.15, 0.2) is 0 Å². The zero-order valence-electron chi connectivity index (χ0n) is 17.1. The van der Waals surface area contributed by atoms with Crippen LogP contribution in [0.3, 0.4) is 0 Å². The van der Waals surface area contributed by atoms with E-state index in [2.05, 4.69) is 69.5 Å². The monoisotopic (exact) mass is 358 g/mol. The Morgan fingerprint density at radius 2 is 1.88 bits per heavy atom. The number of hydrogen-bond donors (Lipinski definition) is 1. The van der Waals surface area contributed by atoms with Crippen molar-refractivity contribution in [3.05, 3.63) is 70.2 Å². The summed E-state index contributed by atoms with van der Waals surface area (Å²) in [6.45, 7) is 14.8. The van der Waals surface area contributed by atoms with Gasteiger partial charge in [0.2, 0.25) is 0 Å². The summed E-state index contributed by atoms with van der Waals surface area (Å²) in [5.74, 6) is 0. The van der Waals surface area contributed by atoms with Crippen LogP contribution in [0.2, 0.25) is 0 Å². The summed E-state index contributed by atoms with van der Waals surface area (Å²) in [6, 6.07) is 0. The molecule has 0 atom stereocenters. The Balaban J connectivity index is 0.00000277. The molecule has 0 unspecified atom stereocenters. The zero-order chi connectivity index (χ0) is 19.1. The normalized spacial score (nSPS) is 15.0. The van der Waals surface area contributed by atoms with Gasteiger partial charge < -0.3 is 0 Å². The second-order valence-electron chi connectivity index (χ2n) is 6.34. The van der Waals surface area contributed by atoms with E-state index in [4.69, 9.17) is 0 Å². The van der Waals surface area contributed by atoms with Gasteiger partial charge >= 0.3 is 0 Å². The molecule has 140 valence electrons. The predicted molar refractivity (Wildman–Crippen MR) is 120 cm³/mol. The highest BCUT2D eigenvalue weighted by Crippen LogP contribution is 2.26. The fraction of sp³-hybridized carbons (Fsp3) is 0.500. The van der Waals surface area contributed by atoms with Gasteiger partial charge in [-0.25, -0.2) is 0 Å². The molecular weight excluding hydrogens is 320 g/mol. The van der Waals surface area contributed by atoms with E-state index in [1.54, 1.807) is 0 Å². The summed E-state index contributed by atoms with van der Waals surface area (Å²) in [4.78, 5) is 1.08. The van der Waals surface area contributed by atoms with Gasteiger partial charge in [-0.2, -0.15) is 0 Å². The first kappa shape index (κ1) is 23.8. The molecule has 0 nitrogen and oxygen atoms in total. The van der Waals surface area contributed by atoms with Crippen molar-refractivity contribution in [1.82, 2.24) is 0 Å². The molecule has 0 bridgehead atoms. The Morgan fingerprint density at radius 1 is 1.16 bits per heavy atom. The SMILES string of the molecule is C=C(CC1=CC=CCC=C1)/C(=C\C(C)=C(\C)S)CCCCCC.CC. The third kappa shape index (κ3) is 11.1. The molecule has 0 amide bonds. The molecule has 0 aromatic rings. The van der Waals surface area contributed by atoms with Gasteiger partial charge in [-0.3, -0.25) is 0 Å². The minimum Gasteiger partial charge on any atom is -0.148 e. The van der Waals surface area contributed by atoms with Crippen LogP contribution in [0, 0.1) is 0 Å². The summed E-state index contributed by atoms with van der Waals surface area (Å²) < 4.78 is 0. The van der Waals surface area contributed by atoms with Gasteiger partial charge in [0.1, 0.15) is 0 Å². The summed E-state index contributed by atoms with van der Waals surface area (Å²) in [7, 11) is 0. The van der Waals surface area contributed by atoms with E-state index in [9.17, 15) is 0 Å². The van der Waals surface area contributed by atoms with E-state index >= 15 is 0 Å². The standard InChI is InChI=1S/C22H32S.C2H6/c1-5-6-7-12-15-22(17-18(2)20(4)23)19(3)16-21-13-10-8-9-11-14-21;1-2/h8,10-11,13-14,17,23H,3,5-7,9,12,15-16H2,1-2,4H3;1-2H3/b20-18-,22-17-;. The minimum atomic E-state index is 0.930. The Kier molecular flexibility index (Phi) is 14.3. The highest BCUT2D eigenvalue weighted by Gasteiger charge is 2.06. The first-order chi connectivity index (χ1) is 12.0. The molecule has 25 heavy (non-hydrogen) atoms. The molecule has 0 N–H and O–H groups in total. The molecule has 0 aromatic heterocycles. The van der Waals surface area contributed by atoms with E-state index in [1.807, 2.05) is 20.8 Å². The molecule has 0 fully saturated rings. The van der Waals surface area contributed by atoms with E-state index < -0.39 is 0 Å². The number of thiol groups is 1. The Bertz CT molecular complexity index is 534. The molecule has 0 aromatic carbocycles. The fourth-order valence-electron chi connectivity index (χ4n) is 2.56. The van der Waals surface area contributed by atoms with Gasteiger partial charge in [-0.05, 0) is 66.7 Å². The van der Waals surface area contributed by atoms with Crippen molar-refractivity contribution >= 4 is 12.6 Å². The molecule has 1 aliphatic carbocycles. The summed E-state index contributed by atoms with van der Waals surface area (Å²) in [5.41, 5.74) is 5.20. The Labute approximate surface area is 162 Å². The first-order valence-electron chi connectivity index (χ1n) is 9.82. The van der Waals surface area contributed by atoms with Crippen LogP contribution in [0.1, 0.15) is 79.6 Å². The third-order valence-electron chi connectivity index (χ3n) is 4.18. The van der Waals surface area contributed by atoms with Gasteiger partial charge in [0.05, 0.1) is 0 Å². The molecule has 1 aliphatic rings. The van der Waals surface area contributed by atoms with Gasteiger partial charge in [-0.1, -0.05) is 83.1 Å². The number of unbranched alkanes of at least 4 members (excludes halogenated alkanes) is 3. The van der Waals surface area contributed by atoms with Crippen LogP contribution in [0.5, 0.6) is 0 Å². The molecule has 1 heteroatoms. The van der Waals surface area contributed by atoms with Crippen molar-refractivity contribution in [3.8, 4) is 0 Å². The topological polar surface area (TPSA) is 0 Å². The van der Waals surface area contributed by atoms with Crippen LogP contribution in [-0.2, 0) is 0 Å². The largest absolute Gasteiger partial charge is 0.148 e. The van der Waals surface area contributed by atoms with Gasteiger partial charge in [0, 0.05) is 0 Å². The first-order valence-corrected chi connectivity index (χ1v) is 10.3. The lowest BCUT2D eigenvalue weighted by molar-refractivity contribution is 0.665. The smallest absolute Gasteiger partial charge is 0.00290 e. The molecule has 0 radical (unpaired) electrons. The van der Waals surface area contributed by atoms with Crippen LogP contribution in [0.4, 0.5) is 0 Å². The van der Waals surface area contributed by atoms with E-state index in [-0.39, 0.29) is 0 Å². The maximum Gasteiger partial charge on any atom is -0.00290 e. The van der Waals surface area contributed by atoms with Crippen molar-refractivity contribution in [3.63, 3.8) is 0 Å². The molecule has 0 spiro atoms. The second kappa shape index (κ2) is 15.1. The maximum atomic E-state index is 4.48. The quantitative estimate of drug-likeness (QED) is 0.238. The van der Waals surface area contributed by atoms with E-state index in [0.29, 0.717) is 0 Å². The van der Waals surface area contributed by atoms with Crippen LogP contribution >= 0.6 is 12.6 Å². The van der Waals surface area contributed by atoms with Crippen molar-refractivity contribution in [2.75, 3.05) is 0 Å². The van der Waals surface area contributed by atoms with Crippen molar-refractivity contribution in [2.24, 2.45) is 0 Å². The predicted octanol–water partition coefficient (Wildman–Crippen LogP) is 8.52. The van der Waals surface area contributed by atoms with E-state index in [0.717, 1.165) is 24.2 Å². The van der Waals surface area contributed by atoms with Crippen LogP contribution in [-0.4, -0.2) is 0 Å². The number of rotatable bonds is 9. The van der Waals surface area contributed by atoms with Crippen molar-refractivity contribution in [2.45, 2.75) is 79.6 Å². The Morgan fingerprint density at radius 3 is 2.52 bits per heavy atom. The van der Waals surface area contributed by atoms with Gasteiger partial charge in [0.25, 0.3) is 0 Å². The summed E-state index contributed by atoms with van der Waals surface area (Å²) >= 11 is 4.48. The number of allylic oxidation sites excluding steroid dienone is 11. The third-order valence-corrected chi connectivity index (χ3v) is 4.54. The lowest BCUT2D eigenvalue weighted by atomic mass is 9.93. The van der Waals surface area contributed by atoms with Crippen molar-refractivity contribution in [1.29, 1.82) is 0 Å². The maximum absolute atomic E-state index is 4.48. The summed E-state index contributed by atoms with van der Waals surface area (Å²) in [6.07, 6.45) is 21.5. The molecule has 0 aliphatic heterocycles. The molecule has 0 saturated carbocycles. The van der Waals surface area contributed by atoms with Crippen LogP contribution in [0.25, 0.3) is 0 Å². The zero-order valence-corrected chi connectivity index (χ0v) is 18.0. The average Bonchev–Trinajstić information content (AvgIpc) is 2.87.